The lowest BCUT2D eigenvalue weighted by atomic mass is 9.92. The molecule has 0 spiro atoms. The van der Waals surface area contributed by atoms with E-state index in [-0.39, 0.29) is 0 Å². The molecule has 4 heteroatoms. The lowest BCUT2D eigenvalue weighted by molar-refractivity contribution is -0.267. The van der Waals surface area contributed by atoms with E-state index in [1.807, 2.05) is 0 Å². The van der Waals surface area contributed by atoms with Gasteiger partial charge in [0.25, 0.3) is 0 Å². The van der Waals surface area contributed by atoms with Crippen molar-refractivity contribution < 1.29 is 18.3 Å². The highest BCUT2D eigenvalue weighted by atomic mass is 19.4. The lowest BCUT2D eigenvalue weighted by Gasteiger charge is -2.29. The van der Waals surface area contributed by atoms with Crippen molar-refractivity contribution in [3.63, 3.8) is 0 Å². The van der Waals surface area contributed by atoms with Crippen LogP contribution in [-0.2, 0) is 0 Å². The van der Waals surface area contributed by atoms with Crippen LogP contribution in [0.4, 0.5) is 13.2 Å². The SMILES string of the molecule is CC(C)[C@@](C)(O)C(F)(F)F. The van der Waals surface area contributed by atoms with Crippen LogP contribution in [0, 0.1) is 5.92 Å². The van der Waals surface area contributed by atoms with E-state index in [1.165, 1.54) is 13.8 Å². The number of alkyl halides is 3. The van der Waals surface area contributed by atoms with Gasteiger partial charge >= 0.3 is 6.18 Å². The van der Waals surface area contributed by atoms with E-state index in [0.717, 1.165) is 6.92 Å². The monoisotopic (exact) mass is 156 g/mol. The second kappa shape index (κ2) is 2.42. The summed E-state index contributed by atoms with van der Waals surface area (Å²) < 4.78 is 35.5. The maximum atomic E-state index is 11.8. The van der Waals surface area contributed by atoms with Crippen LogP contribution in [0.25, 0.3) is 0 Å². The Morgan fingerprint density at radius 1 is 1.20 bits per heavy atom. The zero-order chi connectivity index (χ0) is 8.58. The minimum absolute atomic E-state index is 0.775. The molecule has 1 N–H and O–H groups in total. The van der Waals surface area contributed by atoms with Crippen molar-refractivity contribution in [1.29, 1.82) is 0 Å². The highest BCUT2D eigenvalue weighted by Crippen LogP contribution is 2.35. The average Bonchev–Trinajstić information content (AvgIpc) is 1.62. The zero-order valence-electron chi connectivity index (χ0n) is 6.16. The maximum Gasteiger partial charge on any atom is 0.417 e. The first-order valence-corrected chi connectivity index (χ1v) is 2.98. The Morgan fingerprint density at radius 2 is 1.50 bits per heavy atom. The van der Waals surface area contributed by atoms with Crippen LogP contribution in [0.2, 0.25) is 0 Å². The summed E-state index contributed by atoms with van der Waals surface area (Å²) >= 11 is 0. The van der Waals surface area contributed by atoms with Crippen LogP contribution in [0.15, 0.2) is 0 Å². The molecule has 0 aliphatic carbocycles. The summed E-state index contributed by atoms with van der Waals surface area (Å²) in [6.45, 7) is 3.43. The highest BCUT2D eigenvalue weighted by molar-refractivity contribution is 4.84. The summed E-state index contributed by atoms with van der Waals surface area (Å²) in [6, 6.07) is 0. The van der Waals surface area contributed by atoms with Crippen molar-refractivity contribution in [3.8, 4) is 0 Å². The van der Waals surface area contributed by atoms with E-state index >= 15 is 0 Å². The Morgan fingerprint density at radius 3 is 1.50 bits per heavy atom. The molecule has 0 bridgehead atoms. The highest BCUT2D eigenvalue weighted by Gasteiger charge is 2.51. The van der Waals surface area contributed by atoms with Crippen LogP contribution in [0.1, 0.15) is 20.8 Å². The Labute approximate surface area is 57.9 Å². The summed E-state index contributed by atoms with van der Waals surface area (Å²) in [5.41, 5.74) is -2.56. The Hall–Kier alpha value is -0.250. The van der Waals surface area contributed by atoms with Gasteiger partial charge in [-0.1, -0.05) is 13.8 Å². The predicted octanol–water partition coefficient (Wildman–Crippen LogP) is 1.96. The van der Waals surface area contributed by atoms with Gasteiger partial charge in [-0.3, -0.25) is 0 Å². The fourth-order valence-corrected chi connectivity index (χ4v) is 0.327. The Balaban J connectivity index is 4.40. The van der Waals surface area contributed by atoms with E-state index < -0.39 is 17.7 Å². The molecule has 0 fully saturated rings. The summed E-state index contributed by atoms with van der Waals surface area (Å²) in [4.78, 5) is 0. The first-order valence-electron chi connectivity index (χ1n) is 2.98. The van der Waals surface area contributed by atoms with Crippen molar-refractivity contribution in [3.05, 3.63) is 0 Å². The van der Waals surface area contributed by atoms with E-state index in [4.69, 9.17) is 5.11 Å². The predicted molar refractivity (Wildman–Crippen MR) is 31.5 cm³/mol. The fraction of sp³-hybridized carbons (Fsp3) is 1.00. The smallest absolute Gasteiger partial charge is 0.380 e. The zero-order valence-corrected chi connectivity index (χ0v) is 6.16. The average molecular weight is 156 g/mol. The minimum Gasteiger partial charge on any atom is -0.380 e. The Bertz CT molecular complexity index is 115. The first-order chi connectivity index (χ1) is 4.19. The van der Waals surface area contributed by atoms with Gasteiger partial charge in [-0.25, -0.2) is 0 Å². The van der Waals surface area contributed by atoms with Gasteiger partial charge in [0.05, 0.1) is 0 Å². The molecular formula is C6H11F3O. The van der Waals surface area contributed by atoms with Crippen molar-refractivity contribution in [2.24, 2.45) is 5.92 Å². The quantitative estimate of drug-likeness (QED) is 0.615. The number of aliphatic hydroxyl groups is 1. The molecule has 62 valence electrons. The number of hydrogen-bond acceptors (Lipinski definition) is 1. The molecule has 1 atom stereocenters. The molecular weight excluding hydrogens is 145 g/mol. The van der Waals surface area contributed by atoms with Gasteiger partial charge in [-0.15, -0.1) is 0 Å². The van der Waals surface area contributed by atoms with Crippen molar-refractivity contribution >= 4 is 0 Å². The lowest BCUT2D eigenvalue weighted by Crippen LogP contribution is -2.46. The molecule has 1 nitrogen and oxygen atoms in total. The largest absolute Gasteiger partial charge is 0.417 e. The summed E-state index contributed by atoms with van der Waals surface area (Å²) in [5, 5.41) is 8.80. The number of halogens is 3. The molecule has 0 amide bonds. The second-order valence-electron chi connectivity index (χ2n) is 2.80. The van der Waals surface area contributed by atoms with E-state index in [0.29, 0.717) is 0 Å². The molecule has 10 heavy (non-hydrogen) atoms. The van der Waals surface area contributed by atoms with Crippen molar-refractivity contribution in [2.75, 3.05) is 0 Å². The van der Waals surface area contributed by atoms with Crippen LogP contribution in [0.3, 0.4) is 0 Å². The van der Waals surface area contributed by atoms with Gasteiger partial charge in [0.15, 0.2) is 5.60 Å². The molecule has 0 aliphatic heterocycles. The van der Waals surface area contributed by atoms with Crippen LogP contribution in [0.5, 0.6) is 0 Å². The molecule has 0 aromatic carbocycles. The topological polar surface area (TPSA) is 20.2 Å². The third-order valence-corrected chi connectivity index (χ3v) is 1.70. The van der Waals surface area contributed by atoms with Crippen LogP contribution >= 0.6 is 0 Å². The molecule has 0 rings (SSSR count). The first kappa shape index (κ1) is 9.75. The van der Waals surface area contributed by atoms with Gasteiger partial charge in [-0.05, 0) is 12.8 Å². The summed E-state index contributed by atoms with van der Waals surface area (Å²) in [7, 11) is 0. The minimum atomic E-state index is -4.53. The Kier molecular flexibility index (Phi) is 2.36. The van der Waals surface area contributed by atoms with Crippen molar-refractivity contribution in [1.82, 2.24) is 0 Å². The van der Waals surface area contributed by atoms with Gasteiger partial charge in [-0.2, -0.15) is 13.2 Å². The third-order valence-electron chi connectivity index (χ3n) is 1.70. The summed E-state index contributed by atoms with van der Waals surface area (Å²) in [5.74, 6) is -0.813. The third kappa shape index (κ3) is 1.62. The molecule has 0 aromatic heterocycles. The van der Waals surface area contributed by atoms with Gasteiger partial charge in [0.2, 0.25) is 0 Å². The van der Waals surface area contributed by atoms with Crippen LogP contribution < -0.4 is 0 Å². The fourth-order valence-electron chi connectivity index (χ4n) is 0.327. The number of hydrogen-bond donors (Lipinski definition) is 1. The number of rotatable bonds is 1. The molecule has 0 aliphatic rings. The molecule has 0 unspecified atom stereocenters. The summed E-state index contributed by atoms with van der Waals surface area (Å²) in [6.07, 6.45) is -4.53. The maximum absolute atomic E-state index is 11.8. The van der Waals surface area contributed by atoms with Crippen molar-refractivity contribution in [2.45, 2.75) is 32.5 Å². The van der Waals surface area contributed by atoms with Gasteiger partial charge < -0.3 is 5.11 Å². The molecule has 0 heterocycles. The molecule has 0 saturated heterocycles. The normalized spacial score (nSPS) is 19.2. The van der Waals surface area contributed by atoms with Gasteiger partial charge in [0, 0.05) is 0 Å². The molecule has 0 radical (unpaired) electrons. The van der Waals surface area contributed by atoms with Crippen LogP contribution in [-0.4, -0.2) is 16.9 Å². The second-order valence-corrected chi connectivity index (χ2v) is 2.80. The van der Waals surface area contributed by atoms with E-state index in [2.05, 4.69) is 0 Å². The molecule has 0 aromatic rings. The van der Waals surface area contributed by atoms with E-state index in [9.17, 15) is 13.2 Å². The van der Waals surface area contributed by atoms with Gasteiger partial charge in [0.1, 0.15) is 0 Å². The standard InChI is InChI=1S/C6H11F3O/c1-4(2)5(3,10)6(7,8)9/h4,10H,1-3H3/t5-/m1/s1. The molecule has 0 saturated carbocycles. The van der Waals surface area contributed by atoms with E-state index in [1.54, 1.807) is 0 Å².